The van der Waals surface area contributed by atoms with Gasteiger partial charge in [0.2, 0.25) is 0 Å². The van der Waals surface area contributed by atoms with Gasteiger partial charge in [-0.1, -0.05) is 32.6 Å². The van der Waals surface area contributed by atoms with Crippen LogP contribution in [0.1, 0.15) is 58.3 Å². The van der Waals surface area contributed by atoms with E-state index in [1.807, 2.05) is 0 Å². The van der Waals surface area contributed by atoms with Gasteiger partial charge in [0.25, 0.3) is 0 Å². The summed E-state index contributed by atoms with van der Waals surface area (Å²) in [5.74, 6) is 0.645. The van der Waals surface area contributed by atoms with Gasteiger partial charge in [-0.05, 0) is 25.2 Å². The molecule has 0 spiro atoms. The van der Waals surface area contributed by atoms with Crippen molar-refractivity contribution in [2.24, 2.45) is 5.92 Å². The summed E-state index contributed by atoms with van der Waals surface area (Å²) < 4.78 is 5.24. The molecule has 1 aliphatic carbocycles. The first kappa shape index (κ1) is 11.5. The minimum absolute atomic E-state index is 0.00239. The first-order valence-corrected chi connectivity index (χ1v) is 5.98. The van der Waals surface area contributed by atoms with E-state index in [1.165, 1.54) is 32.1 Å². The fourth-order valence-corrected chi connectivity index (χ4v) is 1.96. The number of esters is 1. The SMILES string of the molecule is CCCCC(=O)OCC1CCCCC1. The lowest BCUT2D eigenvalue weighted by molar-refractivity contribution is -0.145. The zero-order valence-corrected chi connectivity index (χ0v) is 9.26. The van der Waals surface area contributed by atoms with E-state index < -0.39 is 0 Å². The molecule has 0 radical (unpaired) electrons. The molecule has 0 aromatic rings. The maximum absolute atomic E-state index is 11.2. The molecule has 0 saturated heterocycles. The number of unbranched alkanes of at least 4 members (excludes halogenated alkanes) is 1. The Morgan fingerprint density at radius 3 is 2.64 bits per heavy atom. The minimum atomic E-state index is -0.00239. The van der Waals surface area contributed by atoms with Gasteiger partial charge in [0, 0.05) is 6.42 Å². The van der Waals surface area contributed by atoms with Crippen molar-refractivity contribution in [3.05, 3.63) is 0 Å². The highest BCUT2D eigenvalue weighted by Gasteiger charge is 2.14. The predicted octanol–water partition coefficient (Wildman–Crippen LogP) is 3.30. The Kier molecular flexibility index (Phi) is 5.65. The van der Waals surface area contributed by atoms with E-state index in [1.54, 1.807) is 0 Å². The first-order valence-electron chi connectivity index (χ1n) is 5.98. The standard InChI is InChI=1S/C12H22O2/c1-2-3-9-12(13)14-10-11-7-5-4-6-8-11/h11H,2-10H2,1H3. The monoisotopic (exact) mass is 198 g/mol. The van der Waals surface area contributed by atoms with E-state index >= 15 is 0 Å². The molecule has 0 aromatic carbocycles. The molecule has 0 unspecified atom stereocenters. The van der Waals surface area contributed by atoms with Gasteiger partial charge in [0.1, 0.15) is 0 Å². The van der Waals surface area contributed by atoms with Crippen molar-refractivity contribution in [3.63, 3.8) is 0 Å². The molecule has 1 aliphatic rings. The summed E-state index contributed by atoms with van der Waals surface area (Å²) in [7, 11) is 0. The second-order valence-electron chi connectivity index (χ2n) is 4.29. The predicted molar refractivity (Wildman–Crippen MR) is 57.1 cm³/mol. The molecule has 82 valence electrons. The van der Waals surface area contributed by atoms with Crippen molar-refractivity contribution in [1.82, 2.24) is 0 Å². The number of hydrogen-bond donors (Lipinski definition) is 0. The highest BCUT2D eigenvalue weighted by Crippen LogP contribution is 2.23. The van der Waals surface area contributed by atoms with E-state index in [0.29, 0.717) is 18.9 Å². The molecular formula is C12H22O2. The Bertz CT molecular complexity index is 160. The highest BCUT2D eigenvalue weighted by atomic mass is 16.5. The minimum Gasteiger partial charge on any atom is -0.465 e. The van der Waals surface area contributed by atoms with Crippen molar-refractivity contribution >= 4 is 5.97 Å². The molecule has 1 rings (SSSR count). The quantitative estimate of drug-likeness (QED) is 0.633. The van der Waals surface area contributed by atoms with Crippen LogP contribution in [0.5, 0.6) is 0 Å². The number of carbonyl (C=O) groups is 1. The first-order chi connectivity index (χ1) is 6.83. The summed E-state index contributed by atoms with van der Waals surface area (Å²) in [6.45, 7) is 2.76. The van der Waals surface area contributed by atoms with E-state index in [-0.39, 0.29) is 5.97 Å². The maximum Gasteiger partial charge on any atom is 0.305 e. The zero-order valence-electron chi connectivity index (χ0n) is 9.26. The number of hydrogen-bond acceptors (Lipinski definition) is 2. The topological polar surface area (TPSA) is 26.3 Å². The van der Waals surface area contributed by atoms with Crippen LogP contribution in [0.25, 0.3) is 0 Å². The van der Waals surface area contributed by atoms with Gasteiger partial charge in [-0.15, -0.1) is 0 Å². The number of ether oxygens (including phenoxy) is 1. The molecule has 0 heterocycles. The summed E-state index contributed by atoms with van der Waals surface area (Å²) in [5.41, 5.74) is 0. The Morgan fingerprint density at radius 1 is 1.29 bits per heavy atom. The third kappa shape index (κ3) is 4.64. The van der Waals surface area contributed by atoms with Crippen LogP contribution in [0.2, 0.25) is 0 Å². The third-order valence-electron chi connectivity index (χ3n) is 2.94. The Hall–Kier alpha value is -0.530. The Labute approximate surface area is 87.0 Å². The fourth-order valence-electron chi connectivity index (χ4n) is 1.96. The zero-order chi connectivity index (χ0) is 10.2. The van der Waals surface area contributed by atoms with Crippen LogP contribution in [0.15, 0.2) is 0 Å². The van der Waals surface area contributed by atoms with E-state index in [9.17, 15) is 4.79 Å². The number of carbonyl (C=O) groups excluding carboxylic acids is 1. The summed E-state index contributed by atoms with van der Waals surface area (Å²) in [5, 5.41) is 0. The average Bonchev–Trinajstić information content (AvgIpc) is 2.25. The smallest absolute Gasteiger partial charge is 0.305 e. The maximum atomic E-state index is 11.2. The van der Waals surface area contributed by atoms with Crippen LogP contribution in [0, 0.1) is 5.92 Å². The molecule has 2 heteroatoms. The summed E-state index contributed by atoms with van der Waals surface area (Å²) in [4.78, 5) is 11.2. The van der Waals surface area contributed by atoms with Crippen LogP contribution in [-0.4, -0.2) is 12.6 Å². The molecule has 0 N–H and O–H groups in total. The molecule has 1 saturated carbocycles. The van der Waals surface area contributed by atoms with Crippen LogP contribution in [0.3, 0.4) is 0 Å². The van der Waals surface area contributed by atoms with Crippen LogP contribution in [-0.2, 0) is 9.53 Å². The van der Waals surface area contributed by atoms with Crippen LogP contribution >= 0.6 is 0 Å². The largest absolute Gasteiger partial charge is 0.465 e. The molecule has 0 atom stereocenters. The van der Waals surface area contributed by atoms with Crippen molar-refractivity contribution in [1.29, 1.82) is 0 Å². The molecule has 14 heavy (non-hydrogen) atoms. The van der Waals surface area contributed by atoms with Gasteiger partial charge < -0.3 is 4.74 Å². The third-order valence-corrected chi connectivity index (χ3v) is 2.94. The van der Waals surface area contributed by atoms with E-state index in [2.05, 4.69) is 6.92 Å². The average molecular weight is 198 g/mol. The summed E-state index contributed by atoms with van der Waals surface area (Å²) in [6.07, 6.45) is 9.13. The molecule has 0 bridgehead atoms. The van der Waals surface area contributed by atoms with Gasteiger partial charge in [0.15, 0.2) is 0 Å². The molecule has 0 amide bonds. The fraction of sp³-hybridized carbons (Fsp3) is 0.917. The molecule has 1 fully saturated rings. The lowest BCUT2D eigenvalue weighted by atomic mass is 9.90. The lowest BCUT2D eigenvalue weighted by Crippen LogP contribution is -2.16. The van der Waals surface area contributed by atoms with Crippen molar-refractivity contribution < 1.29 is 9.53 Å². The second-order valence-corrected chi connectivity index (χ2v) is 4.29. The summed E-state index contributed by atoms with van der Waals surface area (Å²) in [6, 6.07) is 0. The van der Waals surface area contributed by atoms with Gasteiger partial charge in [-0.2, -0.15) is 0 Å². The molecule has 2 nitrogen and oxygen atoms in total. The molecule has 0 aliphatic heterocycles. The Balaban J connectivity index is 2.03. The normalized spacial score (nSPS) is 18.1. The van der Waals surface area contributed by atoms with Crippen LogP contribution in [0.4, 0.5) is 0 Å². The Morgan fingerprint density at radius 2 is 2.00 bits per heavy atom. The molecular weight excluding hydrogens is 176 g/mol. The van der Waals surface area contributed by atoms with Gasteiger partial charge in [-0.25, -0.2) is 0 Å². The van der Waals surface area contributed by atoms with Crippen molar-refractivity contribution in [2.45, 2.75) is 58.3 Å². The van der Waals surface area contributed by atoms with Crippen molar-refractivity contribution in [2.75, 3.05) is 6.61 Å². The van der Waals surface area contributed by atoms with Gasteiger partial charge in [0.05, 0.1) is 6.61 Å². The molecule has 0 aromatic heterocycles. The van der Waals surface area contributed by atoms with E-state index in [0.717, 1.165) is 12.8 Å². The van der Waals surface area contributed by atoms with Gasteiger partial charge in [-0.3, -0.25) is 4.79 Å². The van der Waals surface area contributed by atoms with Crippen LogP contribution < -0.4 is 0 Å². The second kappa shape index (κ2) is 6.86. The van der Waals surface area contributed by atoms with E-state index in [4.69, 9.17) is 4.74 Å². The summed E-state index contributed by atoms with van der Waals surface area (Å²) >= 11 is 0. The lowest BCUT2D eigenvalue weighted by Gasteiger charge is -2.20. The highest BCUT2D eigenvalue weighted by molar-refractivity contribution is 5.69. The van der Waals surface area contributed by atoms with Crippen molar-refractivity contribution in [3.8, 4) is 0 Å². The number of rotatable bonds is 5. The van der Waals surface area contributed by atoms with Gasteiger partial charge >= 0.3 is 5.97 Å².